The van der Waals surface area contributed by atoms with Gasteiger partial charge in [0.25, 0.3) is 5.69 Å². The number of benzene rings is 2. The number of aromatic hydroxyl groups is 1. The van der Waals surface area contributed by atoms with Crippen LogP contribution in [0.4, 0.5) is 5.69 Å². The van der Waals surface area contributed by atoms with Crippen molar-refractivity contribution in [3.8, 4) is 5.75 Å². The number of non-ortho nitro benzene ring substituents is 1. The second kappa shape index (κ2) is 7.68. The molecule has 6 nitrogen and oxygen atoms in total. The van der Waals surface area contributed by atoms with Gasteiger partial charge in [0.1, 0.15) is 5.75 Å². The molecule has 0 aliphatic rings. The van der Waals surface area contributed by atoms with E-state index in [1.165, 1.54) is 44.2 Å². The minimum atomic E-state index is -0.521. The molecule has 0 saturated heterocycles. The number of rotatable bonds is 3. The largest absolute Gasteiger partial charge is 0.508 e. The number of nitrogens with zero attached hydrogens (tertiary/aromatic N) is 1. The lowest BCUT2D eigenvalue weighted by Crippen LogP contribution is -1.94. The quantitative estimate of drug-likeness (QED) is 0.532. The molecule has 22 heavy (non-hydrogen) atoms. The van der Waals surface area contributed by atoms with Gasteiger partial charge in [-0.3, -0.25) is 19.7 Å². The molecule has 0 atom stereocenters. The molecule has 0 aliphatic heterocycles. The molecule has 2 rings (SSSR count). The van der Waals surface area contributed by atoms with E-state index in [1.54, 1.807) is 18.2 Å². The summed E-state index contributed by atoms with van der Waals surface area (Å²) in [5.41, 5.74) is 0.854. The Labute approximate surface area is 127 Å². The van der Waals surface area contributed by atoms with Gasteiger partial charge in [-0.15, -0.1) is 0 Å². The van der Waals surface area contributed by atoms with Gasteiger partial charge in [-0.2, -0.15) is 0 Å². The molecule has 0 bridgehead atoms. The molecule has 0 unspecified atom stereocenters. The maximum atomic E-state index is 10.8. The van der Waals surface area contributed by atoms with Gasteiger partial charge in [0, 0.05) is 23.3 Å². The van der Waals surface area contributed by atoms with E-state index in [2.05, 4.69) is 0 Å². The first-order valence-electron chi connectivity index (χ1n) is 6.36. The van der Waals surface area contributed by atoms with Crippen LogP contribution in [0.3, 0.4) is 0 Å². The summed E-state index contributed by atoms with van der Waals surface area (Å²) in [7, 11) is 0. The Kier molecular flexibility index (Phi) is 5.95. The fraction of sp³-hybridized carbons (Fsp3) is 0.125. The molecular weight excluding hydrogens is 286 g/mol. The minimum Gasteiger partial charge on any atom is -0.508 e. The third-order valence-corrected chi connectivity index (χ3v) is 2.72. The van der Waals surface area contributed by atoms with Crippen LogP contribution in [0.5, 0.6) is 5.75 Å². The van der Waals surface area contributed by atoms with Crippen LogP contribution < -0.4 is 0 Å². The van der Waals surface area contributed by atoms with Gasteiger partial charge in [-0.25, -0.2) is 0 Å². The summed E-state index contributed by atoms with van der Waals surface area (Å²) in [6.45, 7) is 2.84. The number of hydrogen-bond acceptors (Lipinski definition) is 5. The highest BCUT2D eigenvalue weighted by atomic mass is 16.6. The van der Waals surface area contributed by atoms with Gasteiger partial charge in [0.15, 0.2) is 11.6 Å². The number of nitro groups is 1. The van der Waals surface area contributed by atoms with Crippen LogP contribution in [-0.4, -0.2) is 21.6 Å². The molecule has 114 valence electrons. The Morgan fingerprint density at radius 2 is 1.45 bits per heavy atom. The highest BCUT2D eigenvalue weighted by Crippen LogP contribution is 2.13. The fourth-order valence-electron chi connectivity index (χ4n) is 1.56. The first-order chi connectivity index (χ1) is 10.3. The molecule has 2 aromatic carbocycles. The summed E-state index contributed by atoms with van der Waals surface area (Å²) in [6.07, 6.45) is 0. The molecule has 2 aromatic rings. The molecule has 0 aromatic heterocycles. The molecule has 0 heterocycles. The number of ketones is 2. The van der Waals surface area contributed by atoms with Crippen LogP contribution in [0, 0.1) is 10.1 Å². The Morgan fingerprint density at radius 1 is 0.955 bits per heavy atom. The second-order valence-corrected chi connectivity index (χ2v) is 4.47. The Balaban J connectivity index is 0.000000224. The monoisotopic (exact) mass is 301 g/mol. The maximum absolute atomic E-state index is 10.8. The lowest BCUT2D eigenvalue weighted by molar-refractivity contribution is -0.384. The van der Waals surface area contributed by atoms with Gasteiger partial charge in [-0.05, 0) is 26.0 Å². The lowest BCUT2D eigenvalue weighted by atomic mass is 10.1. The standard InChI is InChI=1S/C8H7NO3.C8H8O2/c1-6(10)7-3-2-4-8(5-7)9(11)12;1-6(9)7-3-2-4-8(10)5-7/h2-5H,1H3;2-5,10H,1H3. The zero-order chi connectivity index (χ0) is 16.7. The van der Waals surface area contributed by atoms with Gasteiger partial charge in [0.2, 0.25) is 0 Å². The highest BCUT2D eigenvalue weighted by molar-refractivity contribution is 5.94. The predicted octanol–water partition coefficient (Wildman–Crippen LogP) is 3.39. The molecule has 0 spiro atoms. The van der Waals surface area contributed by atoms with Crippen molar-refractivity contribution in [3.05, 3.63) is 69.8 Å². The summed E-state index contributed by atoms with van der Waals surface area (Å²) in [6, 6.07) is 12.0. The van der Waals surface area contributed by atoms with Gasteiger partial charge < -0.3 is 5.11 Å². The van der Waals surface area contributed by atoms with E-state index in [-0.39, 0.29) is 23.0 Å². The smallest absolute Gasteiger partial charge is 0.270 e. The third-order valence-electron chi connectivity index (χ3n) is 2.72. The first-order valence-corrected chi connectivity index (χ1v) is 6.36. The van der Waals surface area contributed by atoms with E-state index in [0.717, 1.165) is 0 Å². The van der Waals surface area contributed by atoms with Crippen molar-refractivity contribution in [3.63, 3.8) is 0 Å². The predicted molar refractivity (Wildman–Crippen MR) is 81.2 cm³/mol. The van der Waals surface area contributed by atoms with Crippen molar-refractivity contribution in [2.45, 2.75) is 13.8 Å². The number of Topliss-reactive ketones (excluding diaryl/α,β-unsaturated/α-hetero) is 2. The summed E-state index contributed by atoms with van der Waals surface area (Å²) in [5, 5.41) is 19.2. The topological polar surface area (TPSA) is 97.5 Å². The van der Waals surface area contributed by atoms with Crippen LogP contribution >= 0.6 is 0 Å². The summed E-state index contributed by atoms with van der Waals surface area (Å²) >= 11 is 0. The van der Waals surface area contributed by atoms with Crippen LogP contribution in [0.15, 0.2) is 48.5 Å². The Bertz CT molecular complexity index is 680. The number of hydrogen-bond donors (Lipinski definition) is 1. The molecule has 0 amide bonds. The molecule has 1 N–H and O–H groups in total. The van der Waals surface area contributed by atoms with Crippen LogP contribution in [-0.2, 0) is 0 Å². The van der Waals surface area contributed by atoms with Crippen LogP contribution in [0.25, 0.3) is 0 Å². The minimum absolute atomic E-state index is 0.0316. The van der Waals surface area contributed by atoms with Gasteiger partial charge in [0.05, 0.1) is 4.92 Å². The SMILES string of the molecule is CC(=O)c1cccc(O)c1.CC(=O)c1cccc([N+](=O)[O-])c1. The maximum Gasteiger partial charge on any atom is 0.270 e. The van der Waals surface area contributed by atoms with Crippen molar-refractivity contribution in [2.75, 3.05) is 0 Å². The number of carbonyl (C=O) groups excluding carboxylic acids is 2. The Hall–Kier alpha value is -3.02. The van der Waals surface area contributed by atoms with Crippen molar-refractivity contribution < 1.29 is 19.6 Å². The van der Waals surface area contributed by atoms with Crippen molar-refractivity contribution >= 4 is 17.3 Å². The fourth-order valence-corrected chi connectivity index (χ4v) is 1.56. The lowest BCUT2D eigenvalue weighted by Gasteiger charge is -1.93. The highest BCUT2D eigenvalue weighted by Gasteiger charge is 2.07. The zero-order valence-electron chi connectivity index (χ0n) is 12.1. The van der Waals surface area contributed by atoms with Gasteiger partial charge in [-0.1, -0.05) is 24.3 Å². The molecule has 0 fully saturated rings. The average Bonchev–Trinajstić information content (AvgIpc) is 2.48. The summed E-state index contributed by atoms with van der Waals surface area (Å²) in [4.78, 5) is 31.2. The molecular formula is C16H15NO5. The number of nitro benzene ring substituents is 1. The number of phenolic OH excluding ortho intramolecular Hbond substituents is 1. The van der Waals surface area contributed by atoms with Crippen molar-refractivity contribution in [2.24, 2.45) is 0 Å². The van der Waals surface area contributed by atoms with E-state index < -0.39 is 4.92 Å². The van der Waals surface area contributed by atoms with Crippen LogP contribution in [0.1, 0.15) is 34.6 Å². The van der Waals surface area contributed by atoms with E-state index in [4.69, 9.17) is 5.11 Å². The molecule has 0 saturated carbocycles. The van der Waals surface area contributed by atoms with Crippen molar-refractivity contribution in [1.29, 1.82) is 0 Å². The summed E-state index contributed by atoms with van der Waals surface area (Å²) in [5.74, 6) is -0.0673. The van der Waals surface area contributed by atoms with Crippen LogP contribution in [0.2, 0.25) is 0 Å². The third kappa shape index (κ3) is 5.16. The van der Waals surface area contributed by atoms with E-state index in [1.807, 2.05) is 0 Å². The normalized spacial score (nSPS) is 9.36. The number of phenols is 1. The zero-order valence-corrected chi connectivity index (χ0v) is 12.1. The first kappa shape index (κ1) is 17.0. The average molecular weight is 301 g/mol. The van der Waals surface area contributed by atoms with E-state index in [0.29, 0.717) is 11.1 Å². The summed E-state index contributed by atoms with van der Waals surface area (Å²) < 4.78 is 0. The number of carbonyl (C=O) groups is 2. The second-order valence-electron chi connectivity index (χ2n) is 4.47. The van der Waals surface area contributed by atoms with E-state index >= 15 is 0 Å². The molecule has 0 radical (unpaired) electrons. The molecule has 6 heteroatoms. The van der Waals surface area contributed by atoms with Crippen molar-refractivity contribution in [1.82, 2.24) is 0 Å². The Morgan fingerprint density at radius 3 is 1.86 bits per heavy atom. The molecule has 0 aliphatic carbocycles. The van der Waals surface area contributed by atoms with E-state index in [9.17, 15) is 19.7 Å². The van der Waals surface area contributed by atoms with Gasteiger partial charge >= 0.3 is 0 Å².